The summed E-state index contributed by atoms with van der Waals surface area (Å²) >= 11 is 1.73. The number of anilines is 1. The van der Waals surface area contributed by atoms with Gasteiger partial charge in [0.25, 0.3) is 5.91 Å². The molecule has 0 spiro atoms. The van der Waals surface area contributed by atoms with Crippen LogP contribution in [0.2, 0.25) is 0 Å². The first kappa shape index (κ1) is 13.0. The maximum absolute atomic E-state index is 11.9. The third-order valence-corrected chi connectivity index (χ3v) is 3.41. The zero-order chi connectivity index (χ0) is 12.1. The zero-order valence-electron chi connectivity index (χ0n) is 9.99. The monoisotopic (exact) mass is 241 g/mol. The summed E-state index contributed by atoms with van der Waals surface area (Å²) in [6.45, 7) is 5.49. The molecule has 16 heavy (non-hydrogen) atoms. The highest BCUT2D eigenvalue weighted by Gasteiger charge is 2.12. The van der Waals surface area contributed by atoms with E-state index in [2.05, 4.69) is 12.2 Å². The van der Waals surface area contributed by atoms with Gasteiger partial charge in [0, 0.05) is 24.5 Å². The number of nitrogens with zero attached hydrogens (tertiary/aromatic N) is 1. The van der Waals surface area contributed by atoms with Crippen LogP contribution >= 0.6 is 11.8 Å². The van der Waals surface area contributed by atoms with Crippen LogP contribution in [0.4, 0.5) is 5.69 Å². The third-order valence-electron chi connectivity index (χ3n) is 2.44. The summed E-state index contributed by atoms with van der Waals surface area (Å²) in [5.41, 5.74) is 6.93. The predicted octanol–water partition coefficient (Wildman–Crippen LogP) is 1.57. The number of carbonyl (C=O) groups is 1. The molecular weight excluding hydrogens is 222 g/mol. The molecule has 1 amide bonds. The van der Waals surface area contributed by atoms with Gasteiger partial charge >= 0.3 is 0 Å². The van der Waals surface area contributed by atoms with Crippen LogP contribution in [-0.4, -0.2) is 28.5 Å². The summed E-state index contributed by atoms with van der Waals surface area (Å²) in [5, 5.41) is 3.32. The number of amides is 1. The van der Waals surface area contributed by atoms with Crippen molar-refractivity contribution in [2.24, 2.45) is 0 Å². The lowest BCUT2D eigenvalue weighted by atomic mass is 10.3. The van der Waals surface area contributed by atoms with E-state index in [0.29, 0.717) is 23.2 Å². The molecule has 0 aromatic carbocycles. The standard InChI is InChI=1S/C11H19N3OS/c1-4-14-7-9(12)5-10(14)11(15)13-6-8(2)16-3/h5,7-8H,4,6,12H2,1-3H3,(H,13,15). The second-order valence-electron chi connectivity index (χ2n) is 3.70. The molecule has 0 radical (unpaired) electrons. The highest BCUT2D eigenvalue weighted by Crippen LogP contribution is 2.10. The first-order chi connectivity index (χ1) is 7.58. The van der Waals surface area contributed by atoms with E-state index in [1.165, 1.54) is 0 Å². The zero-order valence-corrected chi connectivity index (χ0v) is 10.8. The maximum atomic E-state index is 11.9. The van der Waals surface area contributed by atoms with Gasteiger partial charge in [0.15, 0.2) is 0 Å². The van der Waals surface area contributed by atoms with Crippen molar-refractivity contribution in [2.75, 3.05) is 18.5 Å². The number of carbonyl (C=O) groups excluding carboxylic acids is 1. The van der Waals surface area contributed by atoms with Crippen molar-refractivity contribution in [3.8, 4) is 0 Å². The molecule has 0 aliphatic carbocycles. The summed E-state index contributed by atoms with van der Waals surface area (Å²) in [6.07, 6.45) is 3.82. The van der Waals surface area contributed by atoms with Crippen LogP contribution in [0.25, 0.3) is 0 Å². The van der Waals surface area contributed by atoms with E-state index in [0.717, 1.165) is 6.54 Å². The summed E-state index contributed by atoms with van der Waals surface area (Å²) in [7, 11) is 0. The van der Waals surface area contributed by atoms with Gasteiger partial charge in [0.2, 0.25) is 0 Å². The minimum absolute atomic E-state index is 0.0561. The molecule has 1 atom stereocenters. The molecule has 0 aliphatic heterocycles. The normalized spacial score (nSPS) is 12.4. The average Bonchev–Trinajstić information content (AvgIpc) is 2.66. The van der Waals surface area contributed by atoms with E-state index in [1.54, 1.807) is 24.0 Å². The van der Waals surface area contributed by atoms with Gasteiger partial charge in [-0.15, -0.1) is 0 Å². The molecule has 1 aromatic rings. The van der Waals surface area contributed by atoms with E-state index in [-0.39, 0.29) is 5.91 Å². The van der Waals surface area contributed by atoms with E-state index >= 15 is 0 Å². The van der Waals surface area contributed by atoms with E-state index in [9.17, 15) is 4.79 Å². The number of nitrogens with one attached hydrogen (secondary N) is 1. The van der Waals surface area contributed by atoms with E-state index in [1.807, 2.05) is 17.7 Å². The first-order valence-electron chi connectivity index (χ1n) is 5.35. The predicted molar refractivity (Wildman–Crippen MR) is 69.8 cm³/mol. The van der Waals surface area contributed by atoms with Crippen molar-refractivity contribution in [2.45, 2.75) is 25.6 Å². The summed E-state index contributed by atoms with van der Waals surface area (Å²) in [6, 6.07) is 1.71. The van der Waals surface area contributed by atoms with E-state index < -0.39 is 0 Å². The molecule has 5 heteroatoms. The largest absolute Gasteiger partial charge is 0.397 e. The molecule has 1 heterocycles. The highest BCUT2D eigenvalue weighted by atomic mass is 32.2. The Bertz CT molecular complexity index is 362. The van der Waals surface area contributed by atoms with Crippen molar-refractivity contribution in [3.63, 3.8) is 0 Å². The number of hydrogen-bond acceptors (Lipinski definition) is 3. The summed E-state index contributed by atoms with van der Waals surface area (Å²) in [5.74, 6) is -0.0561. The van der Waals surface area contributed by atoms with Crippen molar-refractivity contribution >= 4 is 23.4 Å². The maximum Gasteiger partial charge on any atom is 0.268 e. The second kappa shape index (κ2) is 5.84. The number of rotatable bonds is 5. The number of aryl methyl sites for hydroxylation is 1. The van der Waals surface area contributed by atoms with Crippen LogP contribution in [0.3, 0.4) is 0 Å². The first-order valence-corrected chi connectivity index (χ1v) is 6.63. The topological polar surface area (TPSA) is 60.0 Å². The van der Waals surface area contributed by atoms with Crippen LogP contribution in [0.15, 0.2) is 12.3 Å². The molecular formula is C11H19N3OS. The Hall–Kier alpha value is -1.10. The third kappa shape index (κ3) is 3.20. The van der Waals surface area contributed by atoms with Crippen LogP contribution in [0.1, 0.15) is 24.3 Å². The Labute approximate surface area is 101 Å². The van der Waals surface area contributed by atoms with E-state index in [4.69, 9.17) is 5.73 Å². The van der Waals surface area contributed by atoms with Gasteiger partial charge in [-0.2, -0.15) is 11.8 Å². The molecule has 0 saturated carbocycles. The lowest BCUT2D eigenvalue weighted by Gasteiger charge is -2.10. The second-order valence-corrected chi connectivity index (χ2v) is 4.98. The quantitative estimate of drug-likeness (QED) is 0.822. The molecule has 90 valence electrons. The van der Waals surface area contributed by atoms with Crippen molar-refractivity contribution in [1.82, 2.24) is 9.88 Å². The lowest BCUT2D eigenvalue weighted by molar-refractivity contribution is 0.0945. The molecule has 0 saturated heterocycles. The average molecular weight is 241 g/mol. The molecule has 1 aromatic heterocycles. The van der Waals surface area contributed by atoms with Gasteiger partial charge in [-0.25, -0.2) is 0 Å². The van der Waals surface area contributed by atoms with Crippen LogP contribution in [0.5, 0.6) is 0 Å². The number of thioether (sulfide) groups is 1. The van der Waals surface area contributed by atoms with Gasteiger partial charge in [-0.05, 0) is 19.2 Å². The Morgan fingerprint density at radius 3 is 2.94 bits per heavy atom. The molecule has 1 unspecified atom stereocenters. The molecule has 4 nitrogen and oxygen atoms in total. The fourth-order valence-electron chi connectivity index (χ4n) is 1.40. The molecule has 3 N–H and O–H groups in total. The molecule has 0 aliphatic rings. The van der Waals surface area contributed by atoms with Crippen molar-refractivity contribution in [1.29, 1.82) is 0 Å². The fourth-order valence-corrected chi connectivity index (χ4v) is 1.65. The Morgan fingerprint density at radius 2 is 2.38 bits per heavy atom. The number of nitrogen functional groups attached to an aromatic ring is 1. The van der Waals surface area contributed by atoms with Crippen molar-refractivity contribution in [3.05, 3.63) is 18.0 Å². The summed E-state index contributed by atoms with van der Waals surface area (Å²) in [4.78, 5) is 11.9. The fraction of sp³-hybridized carbons (Fsp3) is 0.545. The number of aromatic nitrogens is 1. The van der Waals surface area contributed by atoms with Gasteiger partial charge < -0.3 is 15.6 Å². The van der Waals surface area contributed by atoms with Gasteiger partial charge in [-0.3, -0.25) is 4.79 Å². The smallest absolute Gasteiger partial charge is 0.268 e. The molecule has 0 fully saturated rings. The van der Waals surface area contributed by atoms with Gasteiger partial charge in [0.05, 0.1) is 5.69 Å². The number of hydrogen-bond donors (Lipinski definition) is 2. The summed E-state index contributed by atoms with van der Waals surface area (Å²) < 4.78 is 1.86. The van der Waals surface area contributed by atoms with Gasteiger partial charge in [-0.1, -0.05) is 6.92 Å². The highest BCUT2D eigenvalue weighted by molar-refractivity contribution is 7.99. The Kier molecular flexibility index (Phi) is 4.73. The minimum atomic E-state index is -0.0561. The van der Waals surface area contributed by atoms with Crippen LogP contribution in [0, 0.1) is 0 Å². The van der Waals surface area contributed by atoms with Crippen LogP contribution in [-0.2, 0) is 6.54 Å². The minimum Gasteiger partial charge on any atom is -0.397 e. The number of nitrogens with two attached hydrogens (primary N) is 1. The SMILES string of the molecule is CCn1cc(N)cc1C(=O)NCC(C)SC. The van der Waals surface area contributed by atoms with Crippen molar-refractivity contribution < 1.29 is 4.79 Å². The Balaban J connectivity index is 2.65. The molecule has 1 rings (SSSR count). The van der Waals surface area contributed by atoms with Gasteiger partial charge in [0.1, 0.15) is 5.69 Å². The van der Waals surface area contributed by atoms with Crippen LogP contribution < -0.4 is 11.1 Å². The Morgan fingerprint density at radius 1 is 1.69 bits per heavy atom. The molecule has 0 bridgehead atoms. The lowest BCUT2D eigenvalue weighted by Crippen LogP contribution is -2.30.